The van der Waals surface area contributed by atoms with Crippen molar-refractivity contribution >= 4 is 17.4 Å². The van der Waals surface area contributed by atoms with Crippen molar-refractivity contribution < 1.29 is 9.53 Å². The first-order valence-corrected chi connectivity index (χ1v) is 7.95. The summed E-state index contributed by atoms with van der Waals surface area (Å²) in [7, 11) is 0. The number of rotatable bonds is 3. The molecule has 20 heavy (non-hydrogen) atoms. The Bertz CT molecular complexity index is 447. The predicted octanol–water partition coefficient (Wildman–Crippen LogP) is 0.721. The van der Waals surface area contributed by atoms with Crippen molar-refractivity contribution in [3.8, 4) is 0 Å². The van der Waals surface area contributed by atoms with Gasteiger partial charge in [0.05, 0.1) is 19.4 Å². The molecule has 0 bridgehead atoms. The molecule has 1 aromatic heterocycles. The van der Waals surface area contributed by atoms with Crippen LogP contribution in [0, 0.1) is 5.92 Å². The normalized spacial score (nSPS) is 27.9. The maximum atomic E-state index is 12.4. The number of nitrogens with zero attached hydrogens (tertiary/aromatic N) is 4. The molecule has 7 heteroatoms. The van der Waals surface area contributed by atoms with Crippen molar-refractivity contribution in [3.05, 3.63) is 11.1 Å². The molecule has 0 unspecified atom stereocenters. The van der Waals surface area contributed by atoms with Crippen molar-refractivity contribution in [1.82, 2.24) is 19.4 Å². The molecule has 3 rings (SSSR count). The molecule has 1 amide bonds. The zero-order valence-electron chi connectivity index (χ0n) is 11.7. The van der Waals surface area contributed by atoms with E-state index in [9.17, 15) is 4.79 Å². The minimum absolute atomic E-state index is 0.0780. The molecule has 110 valence electrons. The van der Waals surface area contributed by atoms with Gasteiger partial charge < -0.3 is 9.64 Å². The Kier molecular flexibility index (Phi) is 4.28. The molecule has 0 saturated carbocycles. The number of aromatic nitrogens is 2. The molecule has 2 atom stereocenters. The van der Waals surface area contributed by atoms with E-state index < -0.39 is 0 Å². The van der Waals surface area contributed by atoms with E-state index in [1.807, 2.05) is 4.90 Å². The van der Waals surface area contributed by atoms with Crippen LogP contribution in [0.1, 0.15) is 23.0 Å². The lowest BCUT2D eigenvalue weighted by Crippen LogP contribution is -2.47. The van der Waals surface area contributed by atoms with Gasteiger partial charge in [-0.25, -0.2) is 0 Å². The highest BCUT2D eigenvalue weighted by molar-refractivity contribution is 7.07. The quantitative estimate of drug-likeness (QED) is 0.822. The van der Waals surface area contributed by atoms with Gasteiger partial charge in [-0.2, -0.15) is 0 Å². The van der Waals surface area contributed by atoms with Gasteiger partial charge in [-0.05, 0) is 17.5 Å². The molecule has 2 fully saturated rings. The van der Waals surface area contributed by atoms with Crippen molar-refractivity contribution in [2.45, 2.75) is 19.4 Å². The Balaban J connectivity index is 1.69. The standard InChI is InChI=1S/C13H20N4O2S/c1-2-10-8-17(13(18)12-7-14-15-20-12)9-11(10)16-3-5-19-6-4-16/h7,10-11H,2-6,8-9H2,1H3/t10-,11+/m1/s1. The summed E-state index contributed by atoms with van der Waals surface area (Å²) in [6.45, 7) is 7.43. The van der Waals surface area contributed by atoms with E-state index in [4.69, 9.17) is 4.74 Å². The van der Waals surface area contributed by atoms with Gasteiger partial charge in [0.15, 0.2) is 0 Å². The predicted molar refractivity (Wildman–Crippen MR) is 75.8 cm³/mol. The topological polar surface area (TPSA) is 58.6 Å². The number of hydrogen-bond donors (Lipinski definition) is 0. The van der Waals surface area contributed by atoms with Crippen LogP contribution < -0.4 is 0 Å². The summed E-state index contributed by atoms with van der Waals surface area (Å²) < 4.78 is 9.20. The third-order valence-electron chi connectivity index (χ3n) is 4.30. The fourth-order valence-electron chi connectivity index (χ4n) is 3.16. The molecule has 6 nitrogen and oxygen atoms in total. The number of amides is 1. The average Bonchev–Trinajstić information content (AvgIpc) is 3.17. The van der Waals surface area contributed by atoms with Crippen LogP contribution in [0.3, 0.4) is 0 Å². The molecule has 0 aliphatic carbocycles. The van der Waals surface area contributed by atoms with Crippen molar-refractivity contribution in [2.75, 3.05) is 39.4 Å². The zero-order valence-corrected chi connectivity index (χ0v) is 12.5. The van der Waals surface area contributed by atoms with Crippen LogP contribution in [0.15, 0.2) is 6.20 Å². The second-order valence-electron chi connectivity index (χ2n) is 5.38. The number of carbonyl (C=O) groups excluding carboxylic acids is 1. The Morgan fingerprint density at radius 2 is 2.25 bits per heavy atom. The monoisotopic (exact) mass is 296 g/mol. The zero-order chi connectivity index (χ0) is 13.9. The third kappa shape index (κ3) is 2.70. The fourth-order valence-corrected chi connectivity index (χ4v) is 3.64. The summed E-state index contributed by atoms with van der Waals surface area (Å²) in [5.41, 5.74) is 0. The van der Waals surface area contributed by atoms with Gasteiger partial charge in [0.1, 0.15) is 4.88 Å². The Morgan fingerprint density at radius 3 is 2.90 bits per heavy atom. The second kappa shape index (κ2) is 6.15. The van der Waals surface area contributed by atoms with Crippen LogP contribution in [0.2, 0.25) is 0 Å². The summed E-state index contributed by atoms with van der Waals surface area (Å²) >= 11 is 1.18. The maximum Gasteiger partial charge on any atom is 0.267 e. The van der Waals surface area contributed by atoms with Crippen LogP contribution in [-0.2, 0) is 4.74 Å². The van der Waals surface area contributed by atoms with Gasteiger partial charge in [-0.3, -0.25) is 9.69 Å². The Morgan fingerprint density at radius 1 is 1.45 bits per heavy atom. The van der Waals surface area contributed by atoms with Gasteiger partial charge in [-0.1, -0.05) is 17.8 Å². The van der Waals surface area contributed by atoms with Gasteiger partial charge in [0, 0.05) is 32.2 Å². The Labute approximate surface area is 122 Å². The molecule has 2 aliphatic rings. The number of ether oxygens (including phenoxy) is 1. The molecule has 2 aliphatic heterocycles. The average molecular weight is 296 g/mol. The van der Waals surface area contributed by atoms with E-state index in [1.54, 1.807) is 6.20 Å². The van der Waals surface area contributed by atoms with Gasteiger partial charge in [0.25, 0.3) is 5.91 Å². The molecule has 1 aromatic rings. The third-order valence-corrected chi connectivity index (χ3v) is 4.96. The highest BCUT2D eigenvalue weighted by Crippen LogP contribution is 2.27. The lowest BCUT2D eigenvalue weighted by atomic mass is 9.99. The summed E-state index contributed by atoms with van der Waals surface area (Å²) in [5.74, 6) is 0.632. The molecule has 0 radical (unpaired) electrons. The second-order valence-corrected chi connectivity index (χ2v) is 6.16. The number of likely N-dealkylation sites (tertiary alicyclic amines) is 1. The van der Waals surface area contributed by atoms with E-state index in [1.165, 1.54) is 11.5 Å². The Hall–Kier alpha value is -1.05. The lowest BCUT2D eigenvalue weighted by Gasteiger charge is -2.34. The van der Waals surface area contributed by atoms with Gasteiger partial charge in [0.2, 0.25) is 0 Å². The van der Waals surface area contributed by atoms with E-state index in [0.29, 0.717) is 16.8 Å². The van der Waals surface area contributed by atoms with Crippen LogP contribution in [0.4, 0.5) is 0 Å². The summed E-state index contributed by atoms with van der Waals surface area (Å²) in [5, 5.41) is 3.76. The summed E-state index contributed by atoms with van der Waals surface area (Å²) in [6, 6.07) is 0.466. The molecule has 3 heterocycles. The smallest absolute Gasteiger partial charge is 0.267 e. The van der Waals surface area contributed by atoms with E-state index >= 15 is 0 Å². The maximum absolute atomic E-state index is 12.4. The SMILES string of the molecule is CC[C@@H]1CN(C(=O)c2cnns2)C[C@@H]1N1CCOCC1. The first-order valence-electron chi connectivity index (χ1n) is 7.18. The number of morpholine rings is 1. The van der Waals surface area contributed by atoms with Crippen LogP contribution >= 0.6 is 11.5 Å². The van der Waals surface area contributed by atoms with Crippen LogP contribution in [0.25, 0.3) is 0 Å². The minimum Gasteiger partial charge on any atom is -0.379 e. The summed E-state index contributed by atoms with van der Waals surface area (Å²) in [4.78, 5) is 17.5. The number of hydrogen-bond acceptors (Lipinski definition) is 6. The lowest BCUT2D eigenvalue weighted by molar-refractivity contribution is 0.0103. The van der Waals surface area contributed by atoms with Gasteiger partial charge in [-0.15, -0.1) is 5.10 Å². The van der Waals surface area contributed by atoms with Crippen LogP contribution in [-0.4, -0.2) is 70.7 Å². The van der Waals surface area contributed by atoms with Crippen molar-refractivity contribution in [3.63, 3.8) is 0 Å². The first kappa shape index (κ1) is 13.9. The fraction of sp³-hybridized carbons (Fsp3) is 0.769. The highest BCUT2D eigenvalue weighted by atomic mass is 32.1. The van der Waals surface area contributed by atoms with E-state index in [-0.39, 0.29) is 5.91 Å². The largest absolute Gasteiger partial charge is 0.379 e. The molecule has 0 N–H and O–H groups in total. The van der Waals surface area contributed by atoms with Crippen molar-refractivity contribution in [2.24, 2.45) is 5.92 Å². The van der Waals surface area contributed by atoms with Gasteiger partial charge >= 0.3 is 0 Å². The van der Waals surface area contributed by atoms with Crippen molar-refractivity contribution in [1.29, 1.82) is 0 Å². The summed E-state index contributed by atoms with van der Waals surface area (Å²) in [6.07, 6.45) is 2.67. The van der Waals surface area contributed by atoms with E-state index in [2.05, 4.69) is 21.4 Å². The first-order chi connectivity index (χ1) is 9.79. The van der Waals surface area contributed by atoms with E-state index in [0.717, 1.165) is 45.8 Å². The highest BCUT2D eigenvalue weighted by Gasteiger charge is 2.38. The molecule has 0 spiro atoms. The van der Waals surface area contributed by atoms with Crippen LogP contribution in [0.5, 0.6) is 0 Å². The molecule has 0 aromatic carbocycles. The number of carbonyl (C=O) groups is 1. The molecular weight excluding hydrogens is 276 g/mol. The molecule has 2 saturated heterocycles. The minimum atomic E-state index is 0.0780. The molecular formula is C13H20N4O2S.